The Bertz CT molecular complexity index is 1530. The average molecular weight is 549 g/mol. The van der Waals surface area contributed by atoms with Gasteiger partial charge in [0, 0.05) is 68.8 Å². The summed E-state index contributed by atoms with van der Waals surface area (Å²) in [5, 5.41) is 0. The van der Waals surface area contributed by atoms with Crippen molar-refractivity contribution in [3.63, 3.8) is 0 Å². The monoisotopic (exact) mass is 548 g/mol. The molecule has 1 aromatic heterocycles. The highest BCUT2D eigenvalue weighted by Crippen LogP contribution is 2.27. The van der Waals surface area contributed by atoms with Crippen LogP contribution in [0.3, 0.4) is 0 Å². The van der Waals surface area contributed by atoms with Crippen molar-refractivity contribution < 1.29 is 14.2 Å². The summed E-state index contributed by atoms with van der Waals surface area (Å²) in [6.07, 6.45) is 5.56. The number of hydrogen-bond acceptors (Lipinski definition) is 6. The lowest BCUT2D eigenvalue weighted by molar-refractivity contribution is 0.217. The van der Waals surface area contributed by atoms with Gasteiger partial charge in [-0.1, -0.05) is 36.4 Å². The van der Waals surface area contributed by atoms with Gasteiger partial charge in [0.15, 0.2) is 0 Å². The van der Waals surface area contributed by atoms with Crippen LogP contribution in [0.1, 0.15) is 11.1 Å². The number of rotatable bonds is 13. The largest absolute Gasteiger partial charge is 0.497 e. The molecule has 0 bridgehead atoms. The predicted molar refractivity (Wildman–Crippen MR) is 165 cm³/mol. The topological polar surface area (TPSA) is 52.0 Å². The van der Waals surface area contributed by atoms with Crippen molar-refractivity contribution >= 4 is 11.4 Å². The zero-order valence-corrected chi connectivity index (χ0v) is 23.8. The Morgan fingerprint density at radius 3 is 1.95 bits per heavy atom. The van der Waals surface area contributed by atoms with E-state index < -0.39 is 0 Å². The summed E-state index contributed by atoms with van der Waals surface area (Å²) in [7, 11) is 5.73. The molecule has 5 aromatic rings. The fraction of sp³-hybridized carbons (Fsp3) is 0.206. The van der Waals surface area contributed by atoms with Gasteiger partial charge in [0.2, 0.25) is 0 Å². The van der Waals surface area contributed by atoms with Gasteiger partial charge >= 0.3 is 0 Å². The average Bonchev–Trinajstić information content (AvgIpc) is 3.55. The first kappa shape index (κ1) is 27.6. The van der Waals surface area contributed by atoms with Gasteiger partial charge in [-0.25, -0.2) is 4.98 Å². The number of imidazole rings is 1. The van der Waals surface area contributed by atoms with Crippen LogP contribution < -0.4 is 24.0 Å². The quantitative estimate of drug-likeness (QED) is 0.154. The molecule has 0 N–H and O–H groups in total. The maximum atomic E-state index is 6.11. The highest BCUT2D eigenvalue weighted by molar-refractivity contribution is 5.53. The van der Waals surface area contributed by atoms with Crippen LogP contribution >= 0.6 is 0 Å². The van der Waals surface area contributed by atoms with Crippen LogP contribution in [0.5, 0.6) is 17.2 Å². The minimum Gasteiger partial charge on any atom is -0.497 e. The maximum Gasteiger partial charge on any atom is 0.122 e. The number of aromatic nitrogens is 2. The van der Waals surface area contributed by atoms with Crippen molar-refractivity contribution in [3.05, 3.63) is 127 Å². The third-order valence-corrected chi connectivity index (χ3v) is 6.73. The highest BCUT2D eigenvalue weighted by Gasteiger charge is 2.12. The molecule has 0 spiro atoms. The van der Waals surface area contributed by atoms with E-state index in [1.54, 1.807) is 13.3 Å². The number of methoxy groups -OCH3 is 1. The van der Waals surface area contributed by atoms with Crippen molar-refractivity contribution in [3.8, 4) is 22.9 Å². The van der Waals surface area contributed by atoms with E-state index in [9.17, 15) is 0 Å². The minimum absolute atomic E-state index is 0.443. The Morgan fingerprint density at radius 1 is 0.683 bits per heavy atom. The SMILES string of the molecule is COc1cccc(CN(Cc2cccc(-n3ccnc3)c2)c2cccc(OCCOc3cccc(N(C)C)c3)c2)c1. The van der Waals surface area contributed by atoms with Crippen LogP contribution in [-0.4, -0.2) is 44.0 Å². The predicted octanol–water partition coefficient (Wildman–Crippen LogP) is 6.61. The molecule has 0 fully saturated rings. The molecule has 4 aromatic carbocycles. The Kier molecular flexibility index (Phi) is 9.06. The number of ether oxygens (including phenoxy) is 3. The highest BCUT2D eigenvalue weighted by atomic mass is 16.5. The van der Waals surface area contributed by atoms with Gasteiger partial charge in [-0.3, -0.25) is 0 Å². The maximum absolute atomic E-state index is 6.11. The molecule has 7 nitrogen and oxygen atoms in total. The second kappa shape index (κ2) is 13.4. The van der Waals surface area contributed by atoms with Crippen LogP contribution in [0.4, 0.5) is 11.4 Å². The standard InChI is InChI=1S/C34H36N4O3/c1-36(2)29-10-6-14-33(22-29)40-18-19-41-34-15-7-12-31(23-34)38(25-28-9-5-13-32(21-28)39-3)24-27-8-4-11-30(20-27)37-17-16-35-26-37/h4-17,20-23,26H,18-19,24-25H2,1-3H3. The van der Waals surface area contributed by atoms with Crippen LogP contribution in [-0.2, 0) is 13.1 Å². The molecule has 0 aliphatic carbocycles. The van der Waals surface area contributed by atoms with Crippen LogP contribution in [0.2, 0.25) is 0 Å². The van der Waals surface area contributed by atoms with Crippen molar-refractivity contribution in [1.82, 2.24) is 9.55 Å². The normalized spacial score (nSPS) is 10.7. The van der Waals surface area contributed by atoms with Crippen molar-refractivity contribution in [2.75, 3.05) is 44.2 Å². The van der Waals surface area contributed by atoms with Gasteiger partial charge in [0.25, 0.3) is 0 Å². The second-order valence-electron chi connectivity index (χ2n) is 9.93. The molecule has 7 heteroatoms. The summed E-state index contributed by atoms with van der Waals surface area (Å²) in [4.78, 5) is 8.59. The van der Waals surface area contributed by atoms with Gasteiger partial charge in [0.05, 0.1) is 13.4 Å². The Balaban J connectivity index is 1.31. The smallest absolute Gasteiger partial charge is 0.122 e. The fourth-order valence-electron chi connectivity index (χ4n) is 4.62. The molecule has 0 aliphatic rings. The zero-order chi connectivity index (χ0) is 28.4. The van der Waals surface area contributed by atoms with E-state index in [0.717, 1.165) is 39.9 Å². The van der Waals surface area contributed by atoms with Gasteiger partial charge in [-0.2, -0.15) is 0 Å². The minimum atomic E-state index is 0.443. The molecule has 0 atom stereocenters. The first-order valence-corrected chi connectivity index (χ1v) is 13.7. The van der Waals surface area contributed by atoms with Gasteiger partial charge in [-0.15, -0.1) is 0 Å². The lowest BCUT2D eigenvalue weighted by Crippen LogP contribution is -2.22. The molecule has 0 saturated heterocycles. The molecule has 1 heterocycles. The number of hydrogen-bond donors (Lipinski definition) is 0. The van der Waals surface area contributed by atoms with E-state index >= 15 is 0 Å². The zero-order valence-electron chi connectivity index (χ0n) is 23.8. The molecular weight excluding hydrogens is 512 g/mol. The summed E-state index contributed by atoms with van der Waals surface area (Å²) in [6.45, 7) is 2.32. The summed E-state index contributed by atoms with van der Waals surface area (Å²) in [5.74, 6) is 2.48. The van der Waals surface area contributed by atoms with Crippen LogP contribution in [0.15, 0.2) is 116 Å². The van der Waals surface area contributed by atoms with Gasteiger partial charge < -0.3 is 28.6 Å². The lowest BCUT2D eigenvalue weighted by Gasteiger charge is -2.26. The molecule has 0 aliphatic heterocycles. The Labute approximate surface area is 242 Å². The Morgan fingerprint density at radius 2 is 1.29 bits per heavy atom. The van der Waals surface area contributed by atoms with Gasteiger partial charge in [0.1, 0.15) is 30.5 Å². The van der Waals surface area contributed by atoms with Crippen LogP contribution in [0, 0.1) is 0 Å². The molecule has 0 unspecified atom stereocenters. The molecule has 5 rings (SSSR count). The first-order valence-electron chi connectivity index (χ1n) is 13.7. The van der Waals surface area contributed by atoms with Crippen molar-refractivity contribution in [2.45, 2.75) is 13.1 Å². The summed E-state index contributed by atoms with van der Waals surface area (Å²) >= 11 is 0. The number of benzene rings is 4. The first-order chi connectivity index (χ1) is 20.1. The molecule has 0 amide bonds. The molecular formula is C34H36N4O3. The Hall–Kier alpha value is -4.91. The van der Waals surface area contributed by atoms with Crippen LogP contribution in [0.25, 0.3) is 5.69 Å². The van der Waals surface area contributed by atoms with E-state index in [0.29, 0.717) is 26.3 Å². The fourth-order valence-corrected chi connectivity index (χ4v) is 4.62. The number of anilines is 2. The number of nitrogens with zero attached hydrogens (tertiary/aromatic N) is 4. The molecule has 0 radical (unpaired) electrons. The third-order valence-electron chi connectivity index (χ3n) is 6.73. The second-order valence-corrected chi connectivity index (χ2v) is 9.93. The van der Waals surface area contributed by atoms with Crippen molar-refractivity contribution in [1.29, 1.82) is 0 Å². The van der Waals surface area contributed by atoms with E-state index in [1.165, 1.54) is 5.56 Å². The molecule has 0 saturated carbocycles. The molecule has 210 valence electrons. The summed E-state index contributed by atoms with van der Waals surface area (Å²) in [5.41, 5.74) is 5.60. The summed E-state index contributed by atoms with van der Waals surface area (Å²) < 4.78 is 19.5. The third kappa shape index (κ3) is 7.60. The van der Waals surface area contributed by atoms with E-state index in [-0.39, 0.29) is 0 Å². The van der Waals surface area contributed by atoms with E-state index in [4.69, 9.17) is 14.2 Å². The lowest BCUT2D eigenvalue weighted by atomic mass is 10.1. The van der Waals surface area contributed by atoms with E-state index in [1.807, 2.05) is 73.7 Å². The summed E-state index contributed by atoms with van der Waals surface area (Å²) in [6, 6.07) is 33.0. The van der Waals surface area contributed by atoms with Crippen molar-refractivity contribution in [2.24, 2.45) is 0 Å². The van der Waals surface area contributed by atoms with Gasteiger partial charge in [-0.05, 0) is 59.7 Å². The molecule has 41 heavy (non-hydrogen) atoms. The van der Waals surface area contributed by atoms with E-state index in [2.05, 4.69) is 69.4 Å².